The van der Waals surface area contributed by atoms with Gasteiger partial charge in [0.2, 0.25) is 0 Å². The van der Waals surface area contributed by atoms with E-state index in [1.165, 1.54) is 6.42 Å². The first kappa shape index (κ1) is 14.2. The number of ketones is 1. The second-order valence-electron chi connectivity index (χ2n) is 6.55. The number of para-hydroxylation sites is 1. The van der Waals surface area contributed by atoms with Gasteiger partial charge in [-0.05, 0) is 50.7 Å². The minimum Gasteiger partial charge on any atom is -0.358 e. The normalized spacial score (nSPS) is 25.5. The van der Waals surface area contributed by atoms with Gasteiger partial charge in [-0.3, -0.25) is 4.79 Å². The molecule has 1 spiro atoms. The van der Waals surface area contributed by atoms with E-state index in [-0.39, 0.29) is 11.8 Å². The van der Waals surface area contributed by atoms with Gasteiger partial charge in [-0.2, -0.15) is 0 Å². The molecule has 4 heteroatoms. The van der Waals surface area contributed by atoms with Crippen molar-refractivity contribution in [1.29, 1.82) is 0 Å². The minimum atomic E-state index is -0.217. The van der Waals surface area contributed by atoms with E-state index in [0.717, 1.165) is 56.5 Å². The molecule has 4 nitrogen and oxygen atoms in total. The minimum absolute atomic E-state index is 0.0175. The van der Waals surface area contributed by atoms with Crippen LogP contribution in [0.25, 0.3) is 0 Å². The molecule has 1 unspecified atom stereocenters. The van der Waals surface area contributed by atoms with Crippen molar-refractivity contribution in [3.63, 3.8) is 0 Å². The van der Waals surface area contributed by atoms with Crippen LogP contribution in [0.2, 0.25) is 0 Å². The average Bonchev–Trinajstić information content (AvgIpc) is 3.33. The summed E-state index contributed by atoms with van der Waals surface area (Å²) in [6, 6.07) is 8.02. The summed E-state index contributed by atoms with van der Waals surface area (Å²) in [4.78, 5) is 14.9. The van der Waals surface area contributed by atoms with Gasteiger partial charge < -0.3 is 14.4 Å². The largest absolute Gasteiger partial charge is 0.358 e. The third-order valence-corrected chi connectivity index (χ3v) is 5.07. The monoisotopic (exact) mass is 301 g/mol. The van der Waals surface area contributed by atoms with Crippen molar-refractivity contribution in [3.8, 4) is 0 Å². The molecule has 0 radical (unpaired) electrons. The maximum absolute atomic E-state index is 12.6. The second kappa shape index (κ2) is 5.67. The fraction of sp³-hybridized carbons (Fsp3) is 0.611. The first-order chi connectivity index (χ1) is 10.8. The van der Waals surface area contributed by atoms with Gasteiger partial charge in [0.05, 0.1) is 6.61 Å². The number of nitrogens with zero attached hydrogens (tertiary/aromatic N) is 1. The summed E-state index contributed by atoms with van der Waals surface area (Å²) >= 11 is 0. The first-order valence-corrected chi connectivity index (χ1v) is 8.46. The summed E-state index contributed by atoms with van der Waals surface area (Å²) in [5.41, 5.74) is 1.79. The predicted octanol–water partition coefficient (Wildman–Crippen LogP) is 3.16. The Morgan fingerprint density at radius 3 is 2.91 bits per heavy atom. The summed E-state index contributed by atoms with van der Waals surface area (Å²) < 4.78 is 11.4. The number of fused-ring (bicyclic) bond motifs is 1. The van der Waals surface area contributed by atoms with Crippen molar-refractivity contribution in [1.82, 2.24) is 0 Å². The van der Waals surface area contributed by atoms with E-state index in [4.69, 9.17) is 9.47 Å². The molecule has 0 aromatic heterocycles. The molecule has 1 saturated carbocycles. The Hall–Kier alpha value is -1.39. The fourth-order valence-corrected chi connectivity index (χ4v) is 3.73. The highest BCUT2D eigenvalue weighted by Gasteiger charge is 2.59. The molecular weight excluding hydrogens is 278 g/mol. The molecule has 2 aliphatic heterocycles. The van der Waals surface area contributed by atoms with Crippen LogP contribution in [0.1, 0.15) is 48.9 Å². The third kappa shape index (κ3) is 2.34. The number of carbonyl (C=O) groups excluding carboxylic acids is 1. The summed E-state index contributed by atoms with van der Waals surface area (Å²) in [5, 5.41) is 0. The highest BCUT2D eigenvalue weighted by Crippen LogP contribution is 2.52. The second-order valence-corrected chi connectivity index (χ2v) is 6.55. The van der Waals surface area contributed by atoms with Crippen LogP contribution in [0.5, 0.6) is 0 Å². The topological polar surface area (TPSA) is 38.8 Å². The Kier molecular flexibility index (Phi) is 3.66. The molecule has 0 bridgehead atoms. The van der Waals surface area contributed by atoms with Crippen molar-refractivity contribution in [2.45, 2.75) is 50.4 Å². The van der Waals surface area contributed by atoms with E-state index < -0.39 is 0 Å². The van der Waals surface area contributed by atoms with Crippen LogP contribution in [0.15, 0.2) is 24.3 Å². The molecular formula is C18H23NO3. The zero-order chi connectivity index (χ0) is 15.0. The van der Waals surface area contributed by atoms with E-state index in [1.807, 2.05) is 18.2 Å². The van der Waals surface area contributed by atoms with Crippen LogP contribution in [-0.4, -0.2) is 37.4 Å². The number of hydrogen-bond acceptors (Lipinski definition) is 4. The Morgan fingerprint density at radius 2 is 2.14 bits per heavy atom. The Bertz CT molecular complexity index is 561. The van der Waals surface area contributed by atoms with Crippen molar-refractivity contribution in [3.05, 3.63) is 29.8 Å². The lowest BCUT2D eigenvalue weighted by molar-refractivity contribution is -0.162. The van der Waals surface area contributed by atoms with Gasteiger partial charge >= 0.3 is 0 Å². The number of rotatable bonds is 5. The van der Waals surface area contributed by atoms with Crippen LogP contribution < -0.4 is 4.90 Å². The van der Waals surface area contributed by atoms with Crippen LogP contribution >= 0.6 is 0 Å². The molecule has 1 aliphatic carbocycles. The third-order valence-electron chi connectivity index (χ3n) is 5.07. The standard InChI is InChI=1S/C18H23NO3/c20-17-14-6-1-2-7-15(14)19(18(17)9-10-18)11-5-13-22-16-8-3-4-12-21-16/h1-2,6-7,16H,3-5,8-13H2. The van der Waals surface area contributed by atoms with Gasteiger partial charge in [-0.15, -0.1) is 0 Å². The van der Waals surface area contributed by atoms with Gasteiger partial charge in [0, 0.05) is 24.4 Å². The number of hydrogen-bond donors (Lipinski definition) is 0. The molecule has 1 aromatic rings. The summed E-state index contributed by atoms with van der Waals surface area (Å²) in [6.07, 6.45) is 6.26. The van der Waals surface area contributed by atoms with E-state index in [1.54, 1.807) is 0 Å². The number of anilines is 1. The molecule has 0 N–H and O–H groups in total. The first-order valence-electron chi connectivity index (χ1n) is 8.46. The molecule has 4 rings (SSSR count). The summed E-state index contributed by atoms with van der Waals surface area (Å²) in [7, 11) is 0. The molecule has 118 valence electrons. The lowest BCUT2D eigenvalue weighted by Crippen LogP contribution is -2.38. The Morgan fingerprint density at radius 1 is 1.27 bits per heavy atom. The zero-order valence-electron chi connectivity index (χ0n) is 12.9. The van der Waals surface area contributed by atoms with Crippen LogP contribution in [-0.2, 0) is 9.47 Å². The summed E-state index contributed by atoms with van der Waals surface area (Å²) in [6.45, 7) is 2.41. The maximum Gasteiger partial charge on any atom is 0.190 e. The van der Waals surface area contributed by atoms with E-state index in [2.05, 4.69) is 11.0 Å². The molecule has 1 saturated heterocycles. The maximum atomic E-state index is 12.6. The van der Waals surface area contributed by atoms with Gasteiger partial charge in [-0.1, -0.05) is 12.1 Å². The number of benzene rings is 1. The van der Waals surface area contributed by atoms with E-state index >= 15 is 0 Å². The zero-order valence-corrected chi connectivity index (χ0v) is 12.9. The fourth-order valence-electron chi connectivity index (χ4n) is 3.73. The molecule has 0 amide bonds. The molecule has 3 aliphatic rings. The van der Waals surface area contributed by atoms with Crippen LogP contribution in [0.4, 0.5) is 5.69 Å². The Balaban J connectivity index is 1.35. The SMILES string of the molecule is O=C1c2ccccc2N(CCCOC2CCCCO2)C12CC2. The lowest BCUT2D eigenvalue weighted by Gasteiger charge is -2.27. The van der Waals surface area contributed by atoms with E-state index in [0.29, 0.717) is 12.4 Å². The molecule has 2 fully saturated rings. The van der Waals surface area contributed by atoms with Crippen molar-refractivity contribution >= 4 is 11.5 Å². The molecule has 1 atom stereocenters. The molecule has 2 heterocycles. The summed E-state index contributed by atoms with van der Waals surface area (Å²) in [5.74, 6) is 0.319. The van der Waals surface area contributed by atoms with Crippen LogP contribution in [0.3, 0.4) is 0 Å². The Labute approximate surface area is 131 Å². The van der Waals surface area contributed by atoms with Crippen molar-refractivity contribution < 1.29 is 14.3 Å². The molecule has 1 aromatic carbocycles. The van der Waals surface area contributed by atoms with Crippen molar-refractivity contribution in [2.75, 3.05) is 24.7 Å². The quantitative estimate of drug-likeness (QED) is 0.783. The number of Topliss-reactive ketones (excluding diaryl/α,β-unsaturated/α-hetero) is 1. The molecule has 22 heavy (non-hydrogen) atoms. The van der Waals surface area contributed by atoms with Gasteiger partial charge in [0.1, 0.15) is 5.54 Å². The highest BCUT2D eigenvalue weighted by molar-refractivity contribution is 6.15. The van der Waals surface area contributed by atoms with E-state index in [9.17, 15) is 4.79 Å². The number of carbonyl (C=O) groups is 1. The number of ether oxygens (including phenoxy) is 2. The van der Waals surface area contributed by atoms with Gasteiger partial charge in [0.15, 0.2) is 12.1 Å². The average molecular weight is 301 g/mol. The van der Waals surface area contributed by atoms with Crippen LogP contribution in [0, 0.1) is 0 Å². The van der Waals surface area contributed by atoms with Crippen molar-refractivity contribution in [2.24, 2.45) is 0 Å². The highest BCUT2D eigenvalue weighted by atomic mass is 16.7. The van der Waals surface area contributed by atoms with Gasteiger partial charge in [0.25, 0.3) is 0 Å². The predicted molar refractivity (Wildman–Crippen MR) is 84.2 cm³/mol. The lowest BCUT2D eigenvalue weighted by atomic mass is 10.1. The smallest absolute Gasteiger partial charge is 0.190 e. The van der Waals surface area contributed by atoms with Gasteiger partial charge in [-0.25, -0.2) is 0 Å².